The molecule has 0 spiro atoms. The van der Waals surface area contributed by atoms with Crippen LogP contribution in [0, 0.1) is 17.3 Å². The average Bonchev–Trinajstić information content (AvgIpc) is 1.01. The topological polar surface area (TPSA) is 398 Å². The van der Waals surface area contributed by atoms with Crippen molar-refractivity contribution in [2.75, 3.05) is 72.2 Å². The van der Waals surface area contributed by atoms with Gasteiger partial charge in [0.25, 0.3) is 5.91 Å². The minimum absolute atomic E-state index is 0.0231. The Bertz CT molecular complexity index is 2760. The summed E-state index contributed by atoms with van der Waals surface area (Å²) in [5.74, 6) is -3.27. The van der Waals surface area contributed by atoms with Crippen LogP contribution in [0.1, 0.15) is 131 Å². The maximum atomic E-state index is 13.7. The fraction of sp³-hybridized carbons (Fsp3) is 0.698. The van der Waals surface area contributed by atoms with Gasteiger partial charge in [-0.15, -0.1) is 11.8 Å². The fourth-order valence-corrected chi connectivity index (χ4v) is 12.2. The largest absolute Gasteiger partial charge is 0.447 e. The predicted molar refractivity (Wildman–Crippen MR) is 361 cm³/mol. The van der Waals surface area contributed by atoms with Gasteiger partial charge in [-0.3, -0.25) is 39.0 Å². The van der Waals surface area contributed by atoms with E-state index in [1.165, 1.54) is 38.0 Å². The maximum absolute atomic E-state index is 13.7. The summed E-state index contributed by atoms with van der Waals surface area (Å²) in [5.41, 5.74) is 6.13. The first-order valence-electron chi connectivity index (χ1n) is 31.9. The summed E-state index contributed by atoms with van der Waals surface area (Å²) in [6, 6.07) is 3.61. The minimum Gasteiger partial charge on any atom is -0.447 e. The Kier molecular flexibility index (Phi) is 34.5. The van der Waals surface area contributed by atoms with Crippen LogP contribution in [0.2, 0.25) is 0 Å². The SMILES string of the molecule is C=C1C[C@](OC)([C@H](O)C(=O)N[C@@H](OC)[C@@H]2C[C@@H](O)C(C)(C)[C@@H](C[C@@H](COC(=O)NCCCNC(=O)OCc3ccc(NC(=O)[C@H](CCCNC(N)=O)NC(=O)[C@@H](NC(=O)CCCCCN4C(=O)CC(SCCCC(=[N+]=CI)NC)C4=O)C(C)C)cc3)OC)O2)O[C@H](C)[C@@H]1C. The molecule has 31 heteroatoms. The second-order valence-electron chi connectivity index (χ2n) is 24.5. The van der Waals surface area contributed by atoms with Crippen molar-refractivity contribution in [3.63, 3.8) is 0 Å². The van der Waals surface area contributed by atoms with E-state index in [-0.39, 0.29) is 120 Å². The molecule has 12 atom stereocenters. The van der Waals surface area contributed by atoms with Crippen LogP contribution in [0.25, 0.3) is 0 Å². The first-order valence-corrected chi connectivity index (χ1v) is 34.2. The van der Waals surface area contributed by atoms with E-state index in [0.29, 0.717) is 42.7 Å². The van der Waals surface area contributed by atoms with E-state index in [1.54, 1.807) is 56.3 Å². The summed E-state index contributed by atoms with van der Waals surface area (Å²) in [5, 5.41) is 43.9. The fourth-order valence-electron chi connectivity index (χ4n) is 10.7. The van der Waals surface area contributed by atoms with Crippen LogP contribution in [-0.2, 0) is 68.5 Å². The van der Waals surface area contributed by atoms with Crippen molar-refractivity contribution in [3.05, 3.63) is 42.0 Å². The van der Waals surface area contributed by atoms with E-state index in [2.05, 4.69) is 76.4 Å². The maximum Gasteiger partial charge on any atom is 0.407 e. The second-order valence-corrected chi connectivity index (χ2v) is 26.4. The number of benzene rings is 1. The summed E-state index contributed by atoms with van der Waals surface area (Å²) in [6.45, 7) is 15.4. The van der Waals surface area contributed by atoms with Crippen LogP contribution in [0.3, 0.4) is 0 Å². The zero-order valence-corrected chi connectivity index (χ0v) is 58.8. The van der Waals surface area contributed by atoms with Gasteiger partial charge in [-0.1, -0.05) is 65.3 Å². The number of ether oxygens (including phenoxy) is 7. The van der Waals surface area contributed by atoms with E-state index in [9.17, 15) is 53.4 Å². The summed E-state index contributed by atoms with van der Waals surface area (Å²) in [7, 11) is 5.95. The monoisotopic (exact) mass is 1460 g/mol. The van der Waals surface area contributed by atoms with E-state index >= 15 is 0 Å². The number of methoxy groups -OCH3 is 3. The van der Waals surface area contributed by atoms with E-state index in [0.717, 1.165) is 24.3 Å². The molecule has 528 valence electrons. The second kappa shape index (κ2) is 40.4. The van der Waals surface area contributed by atoms with Crippen molar-refractivity contribution >= 4 is 104 Å². The summed E-state index contributed by atoms with van der Waals surface area (Å²) < 4.78 is 46.1. The molecule has 3 aliphatic heterocycles. The average molecular weight is 1460 g/mol. The van der Waals surface area contributed by atoms with Gasteiger partial charge < -0.3 is 86.3 Å². The molecule has 1 aromatic rings. The Morgan fingerprint density at radius 1 is 0.883 bits per heavy atom. The predicted octanol–water partition coefficient (Wildman–Crippen LogP) is 3.13. The number of rotatable bonds is 38. The lowest BCUT2D eigenvalue weighted by Crippen LogP contribution is -2.62. The smallest absolute Gasteiger partial charge is 0.407 e. The van der Waals surface area contributed by atoms with Crippen molar-refractivity contribution in [2.24, 2.45) is 23.0 Å². The number of amides is 10. The number of likely N-dealkylation sites (tertiary alicyclic amines) is 1. The number of primary amides is 1. The van der Waals surface area contributed by atoms with Crippen LogP contribution in [0.5, 0.6) is 0 Å². The minimum atomic E-state index is -1.76. The van der Waals surface area contributed by atoms with Crippen molar-refractivity contribution in [1.29, 1.82) is 0 Å². The van der Waals surface area contributed by atoms with Gasteiger partial charge in [0.1, 0.15) is 31.4 Å². The number of imide groups is 1. The normalized spacial score (nSPS) is 22.5. The Balaban J connectivity index is 1.16. The van der Waals surface area contributed by atoms with Gasteiger partial charge in [0.05, 0.1) is 43.1 Å². The summed E-state index contributed by atoms with van der Waals surface area (Å²) in [4.78, 5) is 118. The number of nitrogens with one attached hydrogen (secondary N) is 8. The Morgan fingerprint density at radius 3 is 2.18 bits per heavy atom. The molecule has 0 aliphatic carbocycles. The third kappa shape index (κ3) is 25.4. The zero-order chi connectivity index (χ0) is 69.7. The molecule has 3 aliphatic rings. The van der Waals surface area contributed by atoms with Gasteiger partial charge in [0.2, 0.25) is 39.5 Å². The molecular formula is C63H101IN11O18S+. The van der Waals surface area contributed by atoms with Gasteiger partial charge in [-0.25, -0.2) is 19.1 Å². The number of hydrogen-bond acceptors (Lipinski definition) is 19. The Labute approximate surface area is 568 Å². The lowest BCUT2D eigenvalue weighted by atomic mass is 9.74. The first kappa shape index (κ1) is 80.3. The van der Waals surface area contributed by atoms with Crippen molar-refractivity contribution in [1.82, 2.24) is 46.8 Å². The highest BCUT2D eigenvalue weighted by molar-refractivity contribution is 14.1. The van der Waals surface area contributed by atoms with Crippen molar-refractivity contribution in [3.8, 4) is 0 Å². The Morgan fingerprint density at radius 2 is 1.56 bits per heavy atom. The van der Waals surface area contributed by atoms with E-state index in [4.69, 9.17) is 38.9 Å². The third-order valence-corrected chi connectivity index (χ3v) is 18.6. The number of alkyl carbamates (subject to hydrolysis) is 2. The summed E-state index contributed by atoms with van der Waals surface area (Å²) >= 11 is 3.53. The number of nitrogens with zero attached hydrogens (tertiary/aromatic N) is 2. The Hall–Kier alpha value is -6.16. The number of hydrogen-bond donors (Lipinski definition) is 11. The molecule has 94 heavy (non-hydrogen) atoms. The molecule has 1 aromatic carbocycles. The molecule has 1 unspecified atom stereocenters. The molecule has 0 saturated carbocycles. The van der Waals surface area contributed by atoms with Gasteiger partial charge in [0.15, 0.2) is 12.3 Å². The molecule has 0 radical (unpaired) electrons. The van der Waals surface area contributed by atoms with Crippen molar-refractivity contribution < 1.29 is 86.5 Å². The number of nitrogens with two attached hydrogens (primary N) is 1. The number of thioether (sulfide) groups is 1. The van der Waals surface area contributed by atoms with E-state index in [1.807, 2.05) is 20.8 Å². The van der Waals surface area contributed by atoms with E-state index < -0.39 is 101 Å². The number of aliphatic hydroxyl groups excluding tert-OH is 2. The molecule has 3 heterocycles. The van der Waals surface area contributed by atoms with Crippen LogP contribution < -0.4 is 52.9 Å². The number of halogens is 1. The van der Waals surface area contributed by atoms with Gasteiger partial charge in [0, 0.05) is 119 Å². The van der Waals surface area contributed by atoms with Gasteiger partial charge in [-0.2, -0.15) is 0 Å². The number of carbonyl (C=O) groups excluding carboxylic acids is 9. The number of anilines is 1. The lowest BCUT2D eigenvalue weighted by molar-refractivity contribution is -0.298. The van der Waals surface area contributed by atoms with Crippen LogP contribution >= 0.6 is 34.4 Å². The molecular weight excluding hydrogens is 1360 g/mol. The van der Waals surface area contributed by atoms with Crippen LogP contribution in [-0.4, -0.2) is 212 Å². The van der Waals surface area contributed by atoms with Gasteiger partial charge in [-0.05, 0) is 74.8 Å². The molecule has 12 N–H and O–H groups in total. The van der Waals surface area contributed by atoms with Crippen LogP contribution in [0.15, 0.2) is 36.4 Å². The number of unbranched alkanes of at least 4 members (excludes halogenated alkanes) is 2. The van der Waals surface area contributed by atoms with Crippen LogP contribution in [0.4, 0.5) is 20.1 Å². The quantitative estimate of drug-likeness (QED) is 0.00662. The number of amidine groups is 1. The highest BCUT2D eigenvalue weighted by Crippen LogP contribution is 2.41. The molecule has 0 bridgehead atoms. The number of urea groups is 1. The molecule has 3 fully saturated rings. The first-order chi connectivity index (χ1) is 44.6. The summed E-state index contributed by atoms with van der Waals surface area (Å²) in [6.07, 6.45) is -3.49. The molecule has 4 rings (SSSR count). The van der Waals surface area contributed by atoms with Crippen molar-refractivity contribution in [2.45, 2.75) is 198 Å². The number of aliphatic hydroxyl groups is 2. The molecule has 29 nitrogen and oxygen atoms in total. The lowest BCUT2D eigenvalue weighted by Gasteiger charge is -2.48. The highest BCUT2D eigenvalue weighted by Gasteiger charge is 2.52. The third-order valence-electron chi connectivity index (χ3n) is 17.0. The molecule has 0 aromatic heterocycles. The molecule has 3 saturated heterocycles. The molecule has 10 amide bonds. The standard InChI is InChI=1S/C63H100IN11O18S/c1-37(2)52(73-50(77)20-13-12-14-28-75-51(78)32-46(58(75)83)94-29-16-19-49(66-8)70-36-64)55(81)72-44(18-15-25-67-59(65)84)54(80)71-42-23-21-41(22-24-42)34-90-60(85)68-26-17-27-69-61(86)91-35-43(87-9)30-48-62(6,7)47(76)31-45(92-48)57(88-10)74-56(82)53(79)63(89-11)33-38(3)39(4)40(5)93-63/h21-24,36-37,39-40,43-48,52-53,57,76,79H,3,12-20,25-35H2,1-2,4-11H3,(H9,65,67,68,69,71,72,73,74,77,80,81,82,84,85,86)/p+1/t39-,40-,43+,44+,45+,46?,47-,48-,52+,53-,57+,63-/m1/s1. The van der Waals surface area contributed by atoms with Gasteiger partial charge >= 0.3 is 24.1 Å². The number of carbonyl (C=O) groups is 9. The zero-order valence-electron chi connectivity index (χ0n) is 55.8. The highest BCUT2D eigenvalue weighted by atomic mass is 127.